The number of ether oxygens (including phenoxy) is 3. The van der Waals surface area contributed by atoms with Crippen LogP contribution in [0.4, 0.5) is 0 Å². The summed E-state index contributed by atoms with van der Waals surface area (Å²) < 4.78 is 16.3. The number of carbonyl (C=O) groups excluding carboxylic acids is 2. The van der Waals surface area contributed by atoms with E-state index in [-0.39, 0.29) is 31.6 Å². The molecular weight excluding hydrogens is 552 g/mol. The Hall–Kier alpha value is -1.92. The van der Waals surface area contributed by atoms with Crippen molar-refractivity contribution in [2.75, 3.05) is 13.2 Å². The summed E-state index contributed by atoms with van der Waals surface area (Å²) in [6.07, 6.45) is 38.0. The molecule has 1 saturated heterocycles. The Bertz CT molecular complexity index is 773. The van der Waals surface area contributed by atoms with Gasteiger partial charge in [-0.1, -0.05) is 134 Å². The van der Waals surface area contributed by atoms with Gasteiger partial charge < -0.3 is 19.3 Å². The molecule has 0 aromatic heterocycles. The molecule has 6 heteroatoms. The summed E-state index contributed by atoms with van der Waals surface area (Å²) in [5, 5.41) is 9.52. The molecule has 6 nitrogen and oxygen atoms in total. The van der Waals surface area contributed by atoms with Crippen LogP contribution >= 0.6 is 0 Å². The zero-order valence-electron chi connectivity index (χ0n) is 28.4. The number of rotatable bonds is 31. The zero-order valence-corrected chi connectivity index (χ0v) is 28.4. The summed E-state index contributed by atoms with van der Waals surface area (Å²) in [5.41, 5.74) is 0. The molecule has 0 bridgehead atoms. The molecule has 2 unspecified atom stereocenters. The molecule has 254 valence electrons. The molecule has 1 aliphatic rings. The van der Waals surface area contributed by atoms with Crippen molar-refractivity contribution in [1.82, 2.24) is 0 Å². The van der Waals surface area contributed by atoms with E-state index < -0.39 is 6.10 Å². The maximum Gasteiger partial charge on any atom is 0.306 e. The van der Waals surface area contributed by atoms with Gasteiger partial charge in [0.2, 0.25) is 0 Å². The van der Waals surface area contributed by atoms with E-state index >= 15 is 0 Å². The molecule has 1 aliphatic heterocycles. The second-order valence-corrected chi connectivity index (χ2v) is 12.3. The lowest BCUT2D eigenvalue weighted by molar-refractivity contribution is -0.161. The van der Waals surface area contributed by atoms with Crippen molar-refractivity contribution >= 4 is 11.9 Å². The molecule has 0 saturated carbocycles. The molecule has 1 heterocycles. The van der Waals surface area contributed by atoms with Crippen LogP contribution in [0.5, 0.6) is 0 Å². The summed E-state index contributed by atoms with van der Waals surface area (Å²) in [7, 11) is 0. The van der Waals surface area contributed by atoms with Crippen LogP contribution in [-0.2, 0) is 23.8 Å². The number of unbranched alkanes of at least 4 members (excludes halogenated alkanes) is 15. The van der Waals surface area contributed by atoms with Crippen LogP contribution in [0.2, 0.25) is 0 Å². The van der Waals surface area contributed by atoms with Gasteiger partial charge in [-0.15, -0.1) is 0 Å². The Labute approximate surface area is 270 Å². The van der Waals surface area contributed by atoms with E-state index in [9.17, 15) is 14.7 Å². The SMILES string of the molecule is CCCCC/C=C\CC1OC1C/C=C\C/C=C\CCCC(=O)O[C@@H](CO)COC(=O)CCCCCCCCCCCCCC. The molecule has 1 fully saturated rings. The molecule has 1 rings (SSSR count). The number of hydrogen-bond acceptors (Lipinski definition) is 6. The van der Waals surface area contributed by atoms with Crippen LogP contribution in [0.15, 0.2) is 36.5 Å². The number of epoxide rings is 1. The third-order valence-electron chi connectivity index (χ3n) is 8.09. The average molecular weight is 619 g/mol. The van der Waals surface area contributed by atoms with Crippen molar-refractivity contribution in [1.29, 1.82) is 0 Å². The second kappa shape index (κ2) is 29.8. The minimum absolute atomic E-state index is 0.0893. The van der Waals surface area contributed by atoms with E-state index in [0.29, 0.717) is 25.0 Å². The van der Waals surface area contributed by atoms with Crippen LogP contribution in [0, 0.1) is 0 Å². The zero-order chi connectivity index (χ0) is 31.9. The van der Waals surface area contributed by atoms with E-state index in [1.165, 1.54) is 83.5 Å². The van der Waals surface area contributed by atoms with Gasteiger partial charge in [-0.05, 0) is 51.4 Å². The molecule has 1 N–H and O–H groups in total. The largest absolute Gasteiger partial charge is 0.462 e. The van der Waals surface area contributed by atoms with Crippen molar-refractivity contribution < 1.29 is 28.9 Å². The summed E-state index contributed by atoms with van der Waals surface area (Å²) in [5.74, 6) is -0.662. The number of carbonyl (C=O) groups is 2. The van der Waals surface area contributed by atoms with Crippen molar-refractivity contribution in [2.45, 2.75) is 180 Å². The highest BCUT2D eigenvalue weighted by molar-refractivity contribution is 5.70. The second-order valence-electron chi connectivity index (χ2n) is 12.3. The summed E-state index contributed by atoms with van der Waals surface area (Å²) in [6, 6.07) is 0. The highest BCUT2D eigenvalue weighted by Gasteiger charge is 2.35. The van der Waals surface area contributed by atoms with Crippen molar-refractivity contribution in [3.05, 3.63) is 36.5 Å². The number of allylic oxidation sites excluding steroid dienone is 4. The number of esters is 2. The first-order valence-corrected chi connectivity index (χ1v) is 18.2. The van der Waals surface area contributed by atoms with E-state index in [2.05, 4.69) is 50.3 Å². The predicted octanol–water partition coefficient (Wildman–Crippen LogP) is 9.88. The molecule has 0 aromatic carbocycles. The van der Waals surface area contributed by atoms with Crippen LogP contribution in [-0.4, -0.2) is 48.6 Å². The predicted molar refractivity (Wildman–Crippen MR) is 182 cm³/mol. The van der Waals surface area contributed by atoms with Gasteiger partial charge in [0.1, 0.15) is 6.61 Å². The topological polar surface area (TPSA) is 85.4 Å². The highest BCUT2D eigenvalue weighted by Crippen LogP contribution is 2.29. The Morgan fingerprint density at radius 3 is 1.77 bits per heavy atom. The Kier molecular flexibility index (Phi) is 27.1. The third kappa shape index (κ3) is 25.4. The van der Waals surface area contributed by atoms with Crippen LogP contribution in [0.3, 0.4) is 0 Å². The van der Waals surface area contributed by atoms with Crippen molar-refractivity contribution in [2.24, 2.45) is 0 Å². The van der Waals surface area contributed by atoms with Gasteiger partial charge >= 0.3 is 11.9 Å². The molecule has 44 heavy (non-hydrogen) atoms. The highest BCUT2D eigenvalue weighted by atomic mass is 16.6. The monoisotopic (exact) mass is 618 g/mol. The molecule has 0 spiro atoms. The molecular formula is C38H66O6. The summed E-state index contributed by atoms with van der Waals surface area (Å²) in [4.78, 5) is 24.2. The van der Waals surface area contributed by atoms with Gasteiger partial charge in [0.15, 0.2) is 6.10 Å². The number of aliphatic hydroxyl groups is 1. The van der Waals surface area contributed by atoms with Gasteiger partial charge in [0.25, 0.3) is 0 Å². The first-order valence-electron chi connectivity index (χ1n) is 18.2. The van der Waals surface area contributed by atoms with Crippen molar-refractivity contribution in [3.8, 4) is 0 Å². The average Bonchev–Trinajstić information content (AvgIpc) is 3.78. The van der Waals surface area contributed by atoms with E-state index in [0.717, 1.165) is 44.9 Å². The summed E-state index contributed by atoms with van der Waals surface area (Å²) >= 11 is 0. The van der Waals surface area contributed by atoms with E-state index in [1.54, 1.807) is 0 Å². The number of hydrogen-bond donors (Lipinski definition) is 1. The Morgan fingerprint density at radius 2 is 1.14 bits per heavy atom. The maximum atomic E-state index is 12.1. The molecule has 0 radical (unpaired) electrons. The van der Waals surface area contributed by atoms with Gasteiger partial charge in [-0.3, -0.25) is 9.59 Å². The van der Waals surface area contributed by atoms with Gasteiger partial charge in [0, 0.05) is 12.8 Å². The van der Waals surface area contributed by atoms with Gasteiger partial charge in [-0.2, -0.15) is 0 Å². The van der Waals surface area contributed by atoms with Crippen LogP contribution < -0.4 is 0 Å². The molecule has 0 aliphatic carbocycles. The quantitative estimate of drug-likeness (QED) is 0.0360. The fraction of sp³-hybridized carbons (Fsp3) is 0.789. The lowest BCUT2D eigenvalue weighted by atomic mass is 10.0. The Balaban J connectivity index is 1.95. The molecule has 3 atom stereocenters. The maximum absolute atomic E-state index is 12.1. The van der Waals surface area contributed by atoms with Crippen LogP contribution in [0.1, 0.15) is 162 Å². The fourth-order valence-electron chi connectivity index (χ4n) is 5.17. The normalized spacial score (nSPS) is 17.2. The lowest BCUT2D eigenvalue weighted by Crippen LogP contribution is -2.28. The number of aliphatic hydroxyl groups excluding tert-OH is 1. The van der Waals surface area contributed by atoms with Crippen LogP contribution in [0.25, 0.3) is 0 Å². The summed E-state index contributed by atoms with van der Waals surface area (Å²) in [6.45, 7) is 4.04. The first kappa shape index (κ1) is 40.1. The fourth-order valence-corrected chi connectivity index (χ4v) is 5.17. The minimum atomic E-state index is -0.800. The lowest BCUT2D eigenvalue weighted by Gasteiger charge is -2.15. The van der Waals surface area contributed by atoms with E-state index in [4.69, 9.17) is 14.2 Å². The van der Waals surface area contributed by atoms with Crippen molar-refractivity contribution in [3.63, 3.8) is 0 Å². The standard InChI is InChI=1S/C38H66O6/c1-3-5-7-9-11-12-13-14-15-18-22-26-30-37(40)42-33-34(32-39)43-38(41)31-27-23-19-16-17-21-25-29-36-35(44-36)28-24-20-10-8-6-4-2/h16,19-21,24-25,34-36,39H,3-15,17-18,22-23,26-33H2,1-2H3/b19-16-,24-20-,25-21-/t34-,35?,36?/m0/s1. The minimum Gasteiger partial charge on any atom is -0.462 e. The smallest absolute Gasteiger partial charge is 0.306 e. The Morgan fingerprint density at radius 1 is 0.636 bits per heavy atom. The van der Waals surface area contributed by atoms with E-state index in [1.807, 2.05) is 0 Å². The molecule has 0 aromatic rings. The van der Waals surface area contributed by atoms with Gasteiger partial charge in [0.05, 0.1) is 18.8 Å². The molecule has 0 amide bonds. The first-order chi connectivity index (χ1) is 21.6. The third-order valence-corrected chi connectivity index (χ3v) is 8.09. The van der Waals surface area contributed by atoms with Gasteiger partial charge in [-0.25, -0.2) is 0 Å².